The van der Waals surface area contributed by atoms with Gasteiger partial charge in [0.05, 0.1) is 13.2 Å². The lowest BCUT2D eigenvalue weighted by Gasteiger charge is -2.36. The molecule has 3 fully saturated rings. The Bertz CT molecular complexity index is 226. The van der Waals surface area contributed by atoms with Crippen molar-refractivity contribution in [3.63, 3.8) is 0 Å². The van der Waals surface area contributed by atoms with E-state index >= 15 is 0 Å². The maximum atomic E-state index is 5.55. The number of hydrogen-bond donors (Lipinski definition) is 0. The van der Waals surface area contributed by atoms with Crippen molar-refractivity contribution in [2.24, 2.45) is 11.8 Å². The van der Waals surface area contributed by atoms with Crippen molar-refractivity contribution >= 4 is 0 Å². The molecular weight excluding hydrogens is 200 g/mol. The molecule has 3 nitrogen and oxygen atoms in total. The molecule has 3 aliphatic rings. The quantitative estimate of drug-likeness (QED) is 0.697. The topological polar surface area (TPSA) is 15.7 Å². The predicted octanol–water partition coefficient (Wildman–Crippen LogP) is 1.05. The fraction of sp³-hybridized carbons (Fsp3) is 1.00. The predicted molar refractivity (Wildman–Crippen MR) is 64.5 cm³/mol. The Balaban J connectivity index is 1.52. The number of fused-ring (bicyclic) bond motifs is 1. The average molecular weight is 224 g/mol. The van der Waals surface area contributed by atoms with E-state index in [1.807, 2.05) is 0 Å². The van der Waals surface area contributed by atoms with E-state index in [-0.39, 0.29) is 0 Å². The van der Waals surface area contributed by atoms with E-state index in [0.29, 0.717) is 0 Å². The van der Waals surface area contributed by atoms with Crippen LogP contribution in [-0.4, -0.2) is 61.8 Å². The fourth-order valence-corrected chi connectivity index (χ4v) is 3.62. The van der Waals surface area contributed by atoms with Gasteiger partial charge >= 0.3 is 0 Å². The Morgan fingerprint density at radius 2 is 1.69 bits per heavy atom. The van der Waals surface area contributed by atoms with Gasteiger partial charge in [0.25, 0.3) is 0 Å². The molecule has 0 aromatic carbocycles. The summed E-state index contributed by atoms with van der Waals surface area (Å²) in [6.07, 6.45) is 2.77. The number of likely N-dealkylation sites (tertiary alicyclic amines) is 2. The summed E-state index contributed by atoms with van der Waals surface area (Å²) < 4.78 is 5.55. The molecule has 0 amide bonds. The summed E-state index contributed by atoms with van der Waals surface area (Å²) in [6.45, 7) is 10.8. The van der Waals surface area contributed by atoms with Gasteiger partial charge in [-0.1, -0.05) is 6.92 Å². The molecule has 2 atom stereocenters. The molecule has 3 heterocycles. The van der Waals surface area contributed by atoms with Gasteiger partial charge in [-0.15, -0.1) is 0 Å². The highest BCUT2D eigenvalue weighted by molar-refractivity contribution is 4.91. The summed E-state index contributed by atoms with van der Waals surface area (Å²) in [6, 6.07) is 0.869. The summed E-state index contributed by atoms with van der Waals surface area (Å²) in [4.78, 5) is 5.33. The van der Waals surface area contributed by atoms with E-state index in [1.54, 1.807) is 0 Å². The molecule has 16 heavy (non-hydrogen) atoms. The summed E-state index contributed by atoms with van der Waals surface area (Å²) >= 11 is 0. The van der Waals surface area contributed by atoms with Crippen LogP contribution >= 0.6 is 0 Å². The molecule has 0 aromatic rings. The Kier molecular flexibility index (Phi) is 3.18. The number of nitrogens with zero attached hydrogens (tertiary/aromatic N) is 2. The molecule has 0 aliphatic carbocycles. The Morgan fingerprint density at radius 1 is 1.06 bits per heavy atom. The van der Waals surface area contributed by atoms with Crippen LogP contribution in [-0.2, 0) is 4.74 Å². The maximum Gasteiger partial charge on any atom is 0.0510 e. The second-order valence-electron chi connectivity index (χ2n) is 5.68. The third-order valence-corrected chi connectivity index (χ3v) is 4.79. The molecule has 0 aromatic heterocycles. The standard InChI is InChI=1S/C13H24N2O/c1-2-14-5-3-13(4-6-14)15-7-11-9-16-10-12(11)8-15/h11-13H,2-10H2,1H3. The number of piperidine rings is 1. The Morgan fingerprint density at radius 3 is 2.25 bits per heavy atom. The zero-order chi connectivity index (χ0) is 11.0. The summed E-state index contributed by atoms with van der Waals surface area (Å²) in [5, 5.41) is 0. The van der Waals surface area contributed by atoms with Crippen LogP contribution in [0.15, 0.2) is 0 Å². The highest BCUT2D eigenvalue weighted by Crippen LogP contribution is 2.32. The first-order valence-electron chi connectivity index (χ1n) is 6.91. The smallest absolute Gasteiger partial charge is 0.0510 e. The zero-order valence-electron chi connectivity index (χ0n) is 10.4. The van der Waals surface area contributed by atoms with Gasteiger partial charge in [0.15, 0.2) is 0 Å². The third-order valence-electron chi connectivity index (χ3n) is 4.79. The number of hydrogen-bond acceptors (Lipinski definition) is 3. The van der Waals surface area contributed by atoms with Crippen LogP contribution in [0, 0.1) is 11.8 Å². The van der Waals surface area contributed by atoms with E-state index < -0.39 is 0 Å². The van der Waals surface area contributed by atoms with Crippen LogP contribution in [0.25, 0.3) is 0 Å². The summed E-state index contributed by atoms with van der Waals surface area (Å²) in [7, 11) is 0. The van der Waals surface area contributed by atoms with Gasteiger partial charge in [-0.05, 0) is 32.5 Å². The van der Waals surface area contributed by atoms with Crippen molar-refractivity contribution < 1.29 is 4.74 Å². The average Bonchev–Trinajstić information content (AvgIpc) is 2.89. The molecule has 0 bridgehead atoms. The SMILES string of the molecule is CCN1CCC(N2CC3COCC3C2)CC1. The van der Waals surface area contributed by atoms with Crippen molar-refractivity contribution in [1.82, 2.24) is 9.80 Å². The molecule has 0 N–H and O–H groups in total. The second-order valence-corrected chi connectivity index (χ2v) is 5.68. The molecule has 2 unspecified atom stereocenters. The van der Waals surface area contributed by atoms with Crippen molar-refractivity contribution in [2.45, 2.75) is 25.8 Å². The van der Waals surface area contributed by atoms with Crippen LogP contribution in [0.4, 0.5) is 0 Å². The first-order chi connectivity index (χ1) is 7.86. The van der Waals surface area contributed by atoms with Gasteiger partial charge in [-0.25, -0.2) is 0 Å². The van der Waals surface area contributed by atoms with Crippen molar-refractivity contribution in [3.8, 4) is 0 Å². The molecule has 3 rings (SSSR count). The molecule has 0 saturated carbocycles. The van der Waals surface area contributed by atoms with Crippen molar-refractivity contribution in [1.29, 1.82) is 0 Å². The fourth-order valence-electron chi connectivity index (χ4n) is 3.62. The second kappa shape index (κ2) is 4.63. The van der Waals surface area contributed by atoms with Crippen molar-refractivity contribution in [2.75, 3.05) is 45.9 Å². The van der Waals surface area contributed by atoms with Gasteiger partial charge in [0.1, 0.15) is 0 Å². The maximum absolute atomic E-state index is 5.55. The third kappa shape index (κ3) is 2.01. The van der Waals surface area contributed by atoms with Crippen LogP contribution < -0.4 is 0 Å². The Hall–Kier alpha value is -0.120. The van der Waals surface area contributed by atoms with Gasteiger partial charge in [-0.3, -0.25) is 4.90 Å². The monoisotopic (exact) mass is 224 g/mol. The minimum atomic E-state index is 0.851. The lowest BCUT2D eigenvalue weighted by atomic mass is 10.0. The molecular formula is C13H24N2O. The van der Waals surface area contributed by atoms with Gasteiger partial charge in [0, 0.05) is 31.0 Å². The normalized spacial score (nSPS) is 38.1. The van der Waals surface area contributed by atoms with Gasteiger partial charge < -0.3 is 9.64 Å². The zero-order valence-corrected chi connectivity index (χ0v) is 10.4. The highest BCUT2D eigenvalue weighted by Gasteiger charge is 2.39. The van der Waals surface area contributed by atoms with Crippen LogP contribution in [0.3, 0.4) is 0 Å². The van der Waals surface area contributed by atoms with E-state index in [1.165, 1.54) is 45.6 Å². The number of ether oxygens (including phenoxy) is 1. The van der Waals surface area contributed by atoms with E-state index in [0.717, 1.165) is 31.1 Å². The number of rotatable bonds is 2. The molecule has 0 radical (unpaired) electrons. The minimum Gasteiger partial charge on any atom is -0.381 e. The van der Waals surface area contributed by atoms with Crippen LogP contribution in [0.2, 0.25) is 0 Å². The lowest BCUT2D eigenvalue weighted by molar-refractivity contribution is 0.102. The first-order valence-corrected chi connectivity index (χ1v) is 6.91. The van der Waals surface area contributed by atoms with Crippen LogP contribution in [0.1, 0.15) is 19.8 Å². The largest absolute Gasteiger partial charge is 0.381 e. The Labute approximate surface area is 98.7 Å². The van der Waals surface area contributed by atoms with Gasteiger partial charge in [-0.2, -0.15) is 0 Å². The summed E-state index contributed by atoms with van der Waals surface area (Å²) in [5.74, 6) is 1.70. The van der Waals surface area contributed by atoms with E-state index in [2.05, 4.69) is 16.7 Å². The van der Waals surface area contributed by atoms with E-state index in [9.17, 15) is 0 Å². The van der Waals surface area contributed by atoms with Crippen LogP contribution in [0.5, 0.6) is 0 Å². The molecule has 92 valence electrons. The van der Waals surface area contributed by atoms with Crippen molar-refractivity contribution in [3.05, 3.63) is 0 Å². The molecule has 0 spiro atoms. The molecule has 3 aliphatic heterocycles. The highest BCUT2D eigenvalue weighted by atomic mass is 16.5. The van der Waals surface area contributed by atoms with E-state index in [4.69, 9.17) is 4.74 Å². The first kappa shape index (κ1) is 11.0. The summed E-state index contributed by atoms with van der Waals surface area (Å²) in [5.41, 5.74) is 0. The molecule has 3 saturated heterocycles. The van der Waals surface area contributed by atoms with Gasteiger partial charge in [0.2, 0.25) is 0 Å². The lowest BCUT2D eigenvalue weighted by Crippen LogP contribution is -2.44. The molecule has 3 heteroatoms. The minimum absolute atomic E-state index is 0.851.